The van der Waals surface area contributed by atoms with Crippen LogP contribution in [0.2, 0.25) is 0 Å². The molecule has 0 bridgehead atoms. The molecule has 0 aliphatic heterocycles. The Morgan fingerprint density at radius 2 is 0.682 bits per heavy atom. The highest BCUT2D eigenvalue weighted by Crippen LogP contribution is 2.43. The summed E-state index contributed by atoms with van der Waals surface area (Å²) in [7, 11) is 0. The van der Waals surface area contributed by atoms with Crippen molar-refractivity contribution >= 4 is 43.6 Å². The second-order valence-corrected chi connectivity index (χ2v) is 11.4. The maximum absolute atomic E-state index is 2.41. The Balaban J connectivity index is 1.32. The van der Waals surface area contributed by atoms with Crippen molar-refractivity contribution in [2.24, 2.45) is 0 Å². The fourth-order valence-electron chi connectivity index (χ4n) is 7.05. The van der Waals surface area contributed by atoms with Gasteiger partial charge in [0.15, 0.2) is 0 Å². The van der Waals surface area contributed by atoms with E-state index in [0.29, 0.717) is 0 Å². The van der Waals surface area contributed by atoms with E-state index in [0.717, 1.165) is 5.69 Å². The van der Waals surface area contributed by atoms with Crippen molar-refractivity contribution in [1.29, 1.82) is 0 Å². The van der Waals surface area contributed by atoms with Crippen LogP contribution in [0.4, 0.5) is 0 Å². The van der Waals surface area contributed by atoms with Gasteiger partial charge in [-0.05, 0) is 70.8 Å². The highest BCUT2D eigenvalue weighted by atomic mass is 15.0. The minimum atomic E-state index is 1.16. The average Bonchev–Trinajstić information content (AvgIpc) is 3.62. The summed E-state index contributed by atoms with van der Waals surface area (Å²) in [5.41, 5.74) is 12.1. The quantitative estimate of drug-likeness (QED) is 0.203. The second kappa shape index (κ2) is 9.86. The summed E-state index contributed by atoms with van der Waals surface area (Å²) in [5, 5.41) is 5.08. The number of fused-ring (bicyclic) bond motifs is 6. The smallest absolute Gasteiger partial charge is 0.0547 e. The Hall–Kier alpha value is -5.86. The first-order valence-electron chi connectivity index (χ1n) is 15.1. The van der Waals surface area contributed by atoms with E-state index < -0.39 is 0 Å². The summed E-state index contributed by atoms with van der Waals surface area (Å²) in [6, 6.07) is 61.3. The molecule has 0 amide bonds. The zero-order chi connectivity index (χ0) is 29.0. The van der Waals surface area contributed by atoms with Crippen LogP contribution in [0.15, 0.2) is 170 Å². The molecule has 0 radical (unpaired) electrons. The minimum absolute atomic E-state index is 1.16. The van der Waals surface area contributed by atoms with Gasteiger partial charge in [-0.2, -0.15) is 0 Å². The lowest BCUT2D eigenvalue weighted by Crippen LogP contribution is -1.94. The second-order valence-electron chi connectivity index (χ2n) is 11.4. The van der Waals surface area contributed by atoms with Gasteiger partial charge in [0.25, 0.3) is 0 Å². The van der Waals surface area contributed by atoms with Gasteiger partial charge in [0, 0.05) is 32.9 Å². The normalized spacial score (nSPS) is 11.6. The molecule has 2 aromatic heterocycles. The van der Waals surface area contributed by atoms with Gasteiger partial charge in [-0.3, -0.25) is 0 Å². The molecule has 2 nitrogen and oxygen atoms in total. The Bertz CT molecular complexity index is 2460. The standard InChI is InChI=1S/C42H28N2/c1-3-13-29(14-4-1)30-25-27-32(28-26-30)44-38-22-10-8-18-36(38)42-34(20-12-24-40(42)44)33-19-11-23-39-41(33)35-17-7-9-21-37(35)43(39)31-15-5-2-6-16-31/h1-28H. The van der Waals surface area contributed by atoms with Gasteiger partial charge in [0.05, 0.1) is 22.1 Å². The zero-order valence-electron chi connectivity index (χ0n) is 24.1. The molecule has 0 N–H and O–H groups in total. The Labute approximate surface area is 255 Å². The van der Waals surface area contributed by atoms with Crippen LogP contribution in [0.3, 0.4) is 0 Å². The van der Waals surface area contributed by atoms with Crippen molar-refractivity contribution in [3.05, 3.63) is 170 Å². The summed E-state index contributed by atoms with van der Waals surface area (Å²) in [6.07, 6.45) is 0. The summed E-state index contributed by atoms with van der Waals surface area (Å²) >= 11 is 0. The first-order chi connectivity index (χ1) is 21.9. The number of rotatable bonds is 4. The Morgan fingerprint density at radius 3 is 1.23 bits per heavy atom. The third kappa shape index (κ3) is 3.68. The molecule has 0 aliphatic rings. The third-order valence-corrected chi connectivity index (χ3v) is 8.93. The average molecular weight is 561 g/mol. The highest BCUT2D eigenvalue weighted by molar-refractivity contribution is 6.22. The predicted molar refractivity (Wildman–Crippen MR) is 186 cm³/mol. The van der Waals surface area contributed by atoms with Crippen LogP contribution in [0.5, 0.6) is 0 Å². The van der Waals surface area contributed by atoms with Crippen LogP contribution in [-0.2, 0) is 0 Å². The molecule has 7 aromatic carbocycles. The first-order valence-corrected chi connectivity index (χ1v) is 15.1. The molecule has 0 spiro atoms. The molecule has 0 aliphatic carbocycles. The van der Waals surface area contributed by atoms with Crippen LogP contribution >= 0.6 is 0 Å². The Morgan fingerprint density at radius 1 is 0.273 bits per heavy atom. The molecular weight excluding hydrogens is 532 g/mol. The van der Waals surface area contributed by atoms with E-state index in [-0.39, 0.29) is 0 Å². The zero-order valence-corrected chi connectivity index (χ0v) is 24.1. The molecule has 0 saturated heterocycles. The molecule has 206 valence electrons. The molecule has 2 heteroatoms. The number of benzene rings is 7. The van der Waals surface area contributed by atoms with Gasteiger partial charge in [-0.25, -0.2) is 0 Å². The van der Waals surface area contributed by atoms with E-state index in [4.69, 9.17) is 0 Å². The molecule has 9 aromatic rings. The molecular formula is C42H28N2. The summed E-state index contributed by atoms with van der Waals surface area (Å²) in [6.45, 7) is 0. The highest BCUT2D eigenvalue weighted by Gasteiger charge is 2.20. The number of aromatic nitrogens is 2. The maximum atomic E-state index is 2.41. The molecule has 0 fully saturated rings. The fraction of sp³-hybridized carbons (Fsp3) is 0. The van der Waals surface area contributed by atoms with Crippen molar-refractivity contribution in [3.63, 3.8) is 0 Å². The predicted octanol–water partition coefficient (Wildman–Crippen LogP) is 11.2. The van der Waals surface area contributed by atoms with Crippen molar-refractivity contribution in [3.8, 4) is 33.6 Å². The van der Waals surface area contributed by atoms with Crippen molar-refractivity contribution < 1.29 is 0 Å². The van der Waals surface area contributed by atoms with E-state index >= 15 is 0 Å². The van der Waals surface area contributed by atoms with Gasteiger partial charge in [0.1, 0.15) is 0 Å². The van der Waals surface area contributed by atoms with Crippen LogP contribution in [-0.4, -0.2) is 9.13 Å². The molecule has 9 rings (SSSR count). The Kier molecular flexibility index (Phi) is 5.54. The molecule has 44 heavy (non-hydrogen) atoms. The van der Waals surface area contributed by atoms with Crippen LogP contribution in [0.1, 0.15) is 0 Å². The summed E-state index contributed by atoms with van der Waals surface area (Å²) in [5.74, 6) is 0. The van der Waals surface area contributed by atoms with Gasteiger partial charge in [-0.1, -0.05) is 121 Å². The van der Waals surface area contributed by atoms with E-state index in [1.54, 1.807) is 0 Å². The van der Waals surface area contributed by atoms with Gasteiger partial charge in [-0.15, -0.1) is 0 Å². The lowest BCUT2D eigenvalue weighted by Gasteiger charge is -2.11. The number of hydrogen-bond donors (Lipinski definition) is 0. The number of hydrogen-bond acceptors (Lipinski definition) is 0. The van der Waals surface area contributed by atoms with E-state index in [1.807, 2.05) is 0 Å². The first kappa shape index (κ1) is 24.7. The topological polar surface area (TPSA) is 9.86 Å². The van der Waals surface area contributed by atoms with E-state index in [9.17, 15) is 0 Å². The van der Waals surface area contributed by atoms with Crippen LogP contribution in [0, 0.1) is 0 Å². The molecule has 0 atom stereocenters. The number of para-hydroxylation sites is 3. The summed E-state index contributed by atoms with van der Waals surface area (Å²) in [4.78, 5) is 0. The molecule has 0 saturated carbocycles. The van der Waals surface area contributed by atoms with Crippen LogP contribution < -0.4 is 0 Å². The van der Waals surface area contributed by atoms with Gasteiger partial charge < -0.3 is 9.13 Å². The third-order valence-electron chi connectivity index (χ3n) is 8.93. The van der Waals surface area contributed by atoms with Crippen LogP contribution in [0.25, 0.3) is 77.2 Å². The van der Waals surface area contributed by atoms with E-state index in [2.05, 4.69) is 179 Å². The minimum Gasteiger partial charge on any atom is -0.309 e. The van der Waals surface area contributed by atoms with Crippen molar-refractivity contribution in [2.75, 3.05) is 0 Å². The largest absolute Gasteiger partial charge is 0.309 e. The monoisotopic (exact) mass is 560 g/mol. The van der Waals surface area contributed by atoms with E-state index in [1.165, 1.54) is 71.6 Å². The summed E-state index contributed by atoms with van der Waals surface area (Å²) < 4.78 is 4.81. The lowest BCUT2D eigenvalue weighted by molar-refractivity contribution is 1.18. The number of nitrogens with zero attached hydrogens (tertiary/aromatic N) is 2. The van der Waals surface area contributed by atoms with Crippen molar-refractivity contribution in [1.82, 2.24) is 9.13 Å². The lowest BCUT2D eigenvalue weighted by atomic mass is 9.95. The molecule has 2 heterocycles. The SMILES string of the molecule is c1ccc(-c2ccc(-n3c4ccccc4c4c(-c5cccc6c5c5ccccc5n6-c5ccccc5)cccc43)cc2)cc1. The van der Waals surface area contributed by atoms with Crippen molar-refractivity contribution in [2.45, 2.75) is 0 Å². The van der Waals surface area contributed by atoms with Gasteiger partial charge >= 0.3 is 0 Å². The fourth-order valence-corrected chi connectivity index (χ4v) is 7.05. The van der Waals surface area contributed by atoms with Gasteiger partial charge in [0.2, 0.25) is 0 Å². The molecule has 0 unspecified atom stereocenters. The maximum Gasteiger partial charge on any atom is 0.0547 e.